The summed E-state index contributed by atoms with van der Waals surface area (Å²) in [6, 6.07) is 17.5. The number of aliphatic hydroxyl groups excluding tert-OH is 1. The Kier molecular flexibility index (Phi) is 7.69. The molecule has 1 N–H and O–H groups in total. The summed E-state index contributed by atoms with van der Waals surface area (Å²) in [4.78, 5) is 4.45. The Morgan fingerprint density at radius 1 is 1.00 bits per heavy atom. The van der Waals surface area contributed by atoms with Crippen LogP contribution in [0.2, 0.25) is 0 Å². The van der Waals surface area contributed by atoms with Gasteiger partial charge >= 0.3 is 0 Å². The molecular weight excluding hydrogens is 373 g/mol. The first kappa shape index (κ1) is 21.7. The summed E-state index contributed by atoms with van der Waals surface area (Å²) in [5, 5.41) is 9.27. The van der Waals surface area contributed by atoms with Gasteiger partial charge < -0.3 is 5.11 Å². The molecule has 0 bridgehead atoms. The van der Waals surface area contributed by atoms with Crippen molar-refractivity contribution in [3.8, 4) is 22.3 Å². The standard InChI is InChI=1S/C27H28FNO/c1-3-7-26-17-16-25(19-29-26)22-12-10-21(11-13-22)24-15-14-23(27(28)18-24)9-6-4-5-8-20(2)30/h3,6,9-20,30H,1,4-5,7-8H2,2H3/b9-6+. The minimum atomic E-state index is -0.284. The lowest BCUT2D eigenvalue weighted by Crippen LogP contribution is -1.97. The number of aliphatic hydroxyl groups is 1. The molecule has 0 radical (unpaired) electrons. The van der Waals surface area contributed by atoms with Crippen molar-refractivity contribution in [2.75, 3.05) is 0 Å². The first-order chi connectivity index (χ1) is 14.6. The third kappa shape index (κ3) is 5.98. The second kappa shape index (κ2) is 10.7. The van der Waals surface area contributed by atoms with Gasteiger partial charge in [-0.3, -0.25) is 4.98 Å². The summed E-state index contributed by atoms with van der Waals surface area (Å²) in [7, 11) is 0. The number of halogens is 1. The molecule has 3 heteroatoms. The van der Waals surface area contributed by atoms with Crippen molar-refractivity contribution in [2.45, 2.75) is 38.7 Å². The zero-order valence-corrected chi connectivity index (χ0v) is 17.4. The molecule has 3 rings (SSSR count). The van der Waals surface area contributed by atoms with E-state index in [0.29, 0.717) is 5.56 Å². The third-order valence-electron chi connectivity index (χ3n) is 5.02. The first-order valence-corrected chi connectivity index (χ1v) is 10.4. The molecule has 154 valence electrons. The quantitative estimate of drug-likeness (QED) is 0.314. The van der Waals surface area contributed by atoms with Crippen LogP contribution in [0.5, 0.6) is 0 Å². The van der Waals surface area contributed by atoms with Gasteiger partial charge in [0.25, 0.3) is 0 Å². The van der Waals surface area contributed by atoms with Gasteiger partial charge in [-0.1, -0.05) is 60.7 Å². The van der Waals surface area contributed by atoms with Crippen LogP contribution in [0.25, 0.3) is 28.3 Å². The highest BCUT2D eigenvalue weighted by Gasteiger charge is 2.05. The maximum atomic E-state index is 14.5. The SMILES string of the molecule is C=CCc1ccc(-c2ccc(-c3ccc(/C=C/CCCC(C)O)c(F)c3)cc2)cn1. The van der Waals surface area contributed by atoms with Crippen LogP contribution < -0.4 is 0 Å². The van der Waals surface area contributed by atoms with Crippen molar-refractivity contribution < 1.29 is 9.50 Å². The topological polar surface area (TPSA) is 33.1 Å². The lowest BCUT2D eigenvalue weighted by atomic mass is 9.99. The number of allylic oxidation sites excluding steroid dienone is 2. The zero-order valence-electron chi connectivity index (χ0n) is 17.4. The van der Waals surface area contributed by atoms with E-state index in [-0.39, 0.29) is 11.9 Å². The highest BCUT2D eigenvalue weighted by Crippen LogP contribution is 2.26. The van der Waals surface area contributed by atoms with Crippen LogP contribution in [0.15, 0.2) is 79.5 Å². The summed E-state index contributed by atoms with van der Waals surface area (Å²) in [6.45, 7) is 5.52. The van der Waals surface area contributed by atoms with Crippen LogP contribution >= 0.6 is 0 Å². The molecule has 0 aliphatic heterocycles. The number of benzene rings is 2. The molecule has 30 heavy (non-hydrogen) atoms. The average molecular weight is 402 g/mol. The Hall–Kier alpha value is -3.04. The minimum absolute atomic E-state index is 0.231. The molecule has 1 aromatic heterocycles. The van der Waals surface area contributed by atoms with Crippen LogP contribution in [0.4, 0.5) is 4.39 Å². The van der Waals surface area contributed by atoms with Crippen molar-refractivity contribution in [2.24, 2.45) is 0 Å². The van der Waals surface area contributed by atoms with Crippen molar-refractivity contribution in [3.05, 3.63) is 96.6 Å². The van der Waals surface area contributed by atoms with E-state index < -0.39 is 0 Å². The Balaban J connectivity index is 1.68. The molecule has 0 fully saturated rings. The molecule has 0 aliphatic carbocycles. The predicted molar refractivity (Wildman–Crippen MR) is 124 cm³/mol. The molecule has 2 aromatic carbocycles. The number of hydrogen-bond acceptors (Lipinski definition) is 2. The van der Waals surface area contributed by atoms with Gasteiger partial charge in [0.2, 0.25) is 0 Å². The summed E-state index contributed by atoms with van der Waals surface area (Å²) < 4.78 is 14.5. The second-order valence-corrected chi connectivity index (χ2v) is 7.53. The van der Waals surface area contributed by atoms with Crippen LogP contribution in [-0.4, -0.2) is 16.2 Å². The average Bonchev–Trinajstić information content (AvgIpc) is 2.75. The summed E-state index contributed by atoms with van der Waals surface area (Å²) in [5.41, 5.74) is 5.53. The van der Waals surface area contributed by atoms with E-state index in [2.05, 4.69) is 17.6 Å². The van der Waals surface area contributed by atoms with Gasteiger partial charge in [-0.05, 0) is 55.0 Å². The Bertz CT molecular complexity index is 988. The molecule has 0 spiro atoms. The molecule has 0 saturated heterocycles. The number of unbranched alkanes of at least 4 members (excludes halogenated alkanes) is 1. The second-order valence-electron chi connectivity index (χ2n) is 7.53. The van der Waals surface area contributed by atoms with Crippen molar-refractivity contribution in [3.63, 3.8) is 0 Å². The van der Waals surface area contributed by atoms with Crippen molar-refractivity contribution in [1.82, 2.24) is 4.98 Å². The van der Waals surface area contributed by atoms with E-state index in [4.69, 9.17) is 0 Å². The summed E-state index contributed by atoms with van der Waals surface area (Å²) in [5.74, 6) is -0.231. The normalized spacial score (nSPS) is 12.2. The van der Waals surface area contributed by atoms with E-state index in [1.807, 2.05) is 66.9 Å². The molecule has 0 aliphatic rings. The fourth-order valence-electron chi connectivity index (χ4n) is 3.30. The first-order valence-electron chi connectivity index (χ1n) is 10.4. The Morgan fingerprint density at radius 3 is 2.27 bits per heavy atom. The number of aromatic nitrogens is 1. The lowest BCUT2D eigenvalue weighted by molar-refractivity contribution is 0.182. The van der Waals surface area contributed by atoms with E-state index in [9.17, 15) is 9.50 Å². The zero-order chi connectivity index (χ0) is 21.3. The monoisotopic (exact) mass is 401 g/mol. The van der Waals surface area contributed by atoms with Crippen LogP contribution in [0, 0.1) is 5.82 Å². The van der Waals surface area contributed by atoms with Gasteiger partial charge in [-0.2, -0.15) is 0 Å². The highest BCUT2D eigenvalue weighted by atomic mass is 19.1. The Morgan fingerprint density at radius 2 is 1.67 bits per heavy atom. The smallest absolute Gasteiger partial charge is 0.131 e. The largest absolute Gasteiger partial charge is 0.393 e. The molecule has 1 unspecified atom stereocenters. The fourth-order valence-corrected chi connectivity index (χ4v) is 3.30. The van der Waals surface area contributed by atoms with Crippen LogP contribution in [-0.2, 0) is 6.42 Å². The van der Waals surface area contributed by atoms with E-state index in [1.165, 1.54) is 0 Å². The number of hydrogen-bond donors (Lipinski definition) is 1. The molecular formula is C27H28FNO. The number of pyridine rings is 1. The van der Waals surface area contributed by atoms with Crippen molar-refractivity contribution in [1.29, 1.82) is 0 Å². The van der Waals surface area contributed by atoms with Crippen LogP contribution in [0.1, 0.15) is 37.4 Å². The molecule has 2 nitrogen and oxygen atoms in total. The van der Waals surface area contributed by atoms with Gasteiger partial charge in [-0.25, -0.2) is 4.39 Å². The summed E-state index contributed by atoms with van der Waals surface area (Å²) in [6.07, 6.45) is 10.5. The fraction of sp³-hybridized carbons (Fsp3) is 0.222. The maximum Gasteiger partial charge on any atom is 0.131 e. The van der Waals surface area contributed by atoms with Gasteiger partial charge in [0.15, 0.2) is 0 Å². The molecule has 1 atom stereocenters. The number of nitrogens with zero attached hydrogens (tertiary/aromatic N) is 1. The van der Waals surface area contributed by atoms with Crippen LogP contribution in [0.3, 0.4) is 0 Å². The van der Waals surface area contributed by atoms with Crippen molar-refractivity contribution >= 4 is 6.08 Å². The van der Waals surface area contributed by atoms with Gasteiger partial charge in [0, 0.05) is 29.4 Å². The third-order valence-corrected chi connectivity index (χ3v) is 5.02. The predicted octanol–water partition coefficient (Wildman–Crippen LogP) is 6.85. The lowest BCUT2D eigenvalue weighted by Gasteiger charge is -2.07. The van der Waals surface area contributed by atoms with Gasteiger partial charge in [0.1, 0.15) is 5.82 Å². The van der Waals surface area contributed by atoms with Gasteiger partial charge in [0.05, 0.1) is 6.10 Å². The van der Waals surface area contributed by atoms with E-state index in [0.717, 1.165) is 53.6 Å². The molecule has 1 heterocycles. The molecule has 0 saturated carbocycles. The molecule has 3 aromatic rings. The minimum Gasteiger partial charge on any atom is -0.393 e. The maximum absolute atomic E-state index is 14.5. The molecule has 0 amide bonds. The van der Waals surface area contributed by atoms with E-state index >= 15 is 0 Å². The Labute approximate surface area is 178 Å². The van der Waals surface area contributed by atoms with Gasteiger partial charge in [-0.15, -0.1) is 6.58 Å². The number of rotatable bonds is 9. The van der Waals surface area contributed by atoms with E-state index in [1.54, 1.807) is 13.0 Å². The summed E-state index contributed by atoms with van der Waals surface area (Å²) >= 11 is 0. The highest BCUT2D eigenvalue weighted by molar-refractivity contribution is 5.71.